The largest absolute Gasteiger partial charge is 0.313 e. The maximum absolute atomic E-state index is 3.68. The van der Waals surface area contributed by atoms with Gasteiger partial charge >= 0.3 is 0 Å². The lowest BCUT2D eigenvalue weighted by molar-refractivity contribution is 0.344. The quantitative estimate of drug-likeness (QED) is 0.679. The molecule has 1 fully saturated rings. The molecule has 1 aromatic carbocycles. The number of hydrogen-bond acceptors (Lipinski definition) is 2. The Kier molecular flexibility index (Phi) is 4.79. The number of rotatable bonds is 3. The van der Waals surface area contributed by atoms with Crippen LogP contribution in [0.3, 0.4) is 0 Å². The monoisotopic (exact) mass is 351 g/mol. The zero-order valence-corrected chi connectivity index (χ0v) is 14.4. The van der Waals surface area contributed by atoms with Gasteiger partial charge in [-0.25, -0.2) is 0 Å². The Morgan fingerprint density at radius 3 is 2.65 bits per heavy atom. The molecule has 20 heavy (non-hydrogen) atoms. The van der Waals surface area contributed by atoms with Crippen molar-refractivity contribution in [2.75, 3.05) is 7.05 Å². The Bertz CT molecular complexity index is 569. The number of nitrogens with one attached hydrogen (secondary N) is 1. The van der Waals surface area contributed by atoms with Crippen molar-refractivity contribution in [2.45, 2.75) is 44.6 Å². The van der Waals surface area contributed by atoms with Crippen LogP contribution in [0.4, 0.5) is 0 Å². The predicted molar refractivity (Wildman–Crippen MR) is 92.5 cm³/mol. The topological polar surface area (TPSA) is 12.0 Å². The average Bonchev–Trinajstić information content (AvgIpc) is 2.71. The van der Waals surface area contributed by atoms with E-state index >= 15 is 0 Å². The fourth-order valence-corrected chi connectivity index (χ4v) is 5.23. The third-order valence-corrected chi connectivity index (χ3v) is 6.57. The van der Waals surface area contributed by atoms with Gasteiger partial charge in [0.25, 0.3) is 0 Å². The van der Waals surface area contributed by atoms with E-state index in [1.54, 1.807) is 0 Å². The SMILES string of the molecule is CNC(c1csc2c(Br)cccc12)C1CCCCCC1. The zero-order chi connectivity index (χ0) is 13.9. The molecule has 3 rings (SSSR count). The van der Waals surface area contributed by atoms with Crippen LogP contribution in [0.15, 0.2) is 28.1 Å². The lowest BCUT2D eigenvalue weighted by atomic mass is 9.87. The van der Waals surface area contributed by atoms with Crippen LogP contribution in [0, 0.1) is 5.92 Å². The summed E-state index contributed by atoms with van der Waals surface area (Å²) in [6.45, 7) is 0. The van der Waals surface area contributed by atoms with Gasteiger partial charge in [-0.05, 0) is 64.1 Å². The van der Waals surface area contributed by atoms with Crippen molar-refractivity contribution in [1.82, 2.24) is 5.32 Å². The molecule has 1 heterocycles. The third-order valence-electron chi connectivity index (χ3n) is 4.60. The first-order valence-corrected chi connectivity index (χ1v) is 9.31. The van der Waals surface area contributed by atoms with Crippen LogP contribution in [-0.4, -0.2) is 7.05 Å². The molecule has 1 saturated carbocycles. The highest BCUT2D eigenvalue weighted by Crippen LogP contribution is 2.40. The number of benzene rings is 1. The molecule has 1 unspecified atom stereocenters. The molecule has 108 valence electrons. The fourth-order valence-electron chi connectivity index (χ4n) is 3.57. The van der Waals surface area contributed by atoms with Crippen molar-refractivity contribution in [2.24, 2.45) is 5.92 Å². The van der Waals surface area contributed by atoms with Gasteiger partial charge in [-0.3, -0.25) is 0 Å². The molecule has 0 spiro atoms. The second kappa shape index (κ2) is 6.59. The first-order valence-electron chi connectivity index (χ1n) is 7.64. The van der Waals surface area contributed by atoms with Crippen LogP contribution in [0.5, 0.6) is 0 Å². The summed E-state index contributed by atoms with van der Waals surface area (Å²) in [5.41, 5.74) is 1.50. The molecule has 0 bridgehead atoms. The summed E-state index contributed by atoms with van der Waals surface area (Å²) in [6, 6.07) is 7.08. The van der Waals surface area contributed by atoms with Crippen LogP contribution in [-0.2, 0) is 0 Å². The summed E-state index contributed by atoms with van der Waals surface area (Å²) in [4.78, 5) is 0. The minimum atomic E-state index is 0.510. The number of hydrogen-bond donors (Lipinski definition) is 1. The highest BCUT2D eigenvalue weighted by atomic mass is 79.9. The minimum Gasteiger partial charge on any atom is -0.313 e. The Morgan fingerprint density at radius 1 is 1.20 bits per heavy atom. The Hall–Kier alpha value is -0.380. The van der Waals surface area contributed by atoms with Crippen LogP contribution in [0.1, 0.15) is 50.1 Å². The van der Waals surface area contributed by atoms with Crippen molar-refractivity contribution >= 4 is 37.4 Å². The van der Waals surface area contributed by atoms with Crippen molar-refractivity contribution in [3.63, 3.8) is 0 Å². The molecular weight excluding hydrogens is 330 g/mol. The fraction of sp³-hybridized carbons (Fsp3) is 0.529. The van der Waals surface area contributed by atoms with Gasteiger partial charge in [-0.1, -0.05) is 37.8 Å². The summed E-state index contributed by atoms with van der Waals surface area (Å²) in [6.07, 6.45) is 8.38. The van der Waals surface area contributed by atoms with E-state index in [0.717, 1.165) is 5.92 Å². The van der Waals surface area contributed by atoms with Gasteiger partial charge in [0, 0.05) is 15.2 Å². The molecule has 0 radical (unpaired) electrons. The molecule has 0 amide bonds. The van der Waals surface area contributed by atoms with E-state index in [4.69, 9.17) is 0 Å². The number of halogens is 1. The molecule has 1 aliphatic carbocycles. The molecule has 0 aliphatic heterocycles. The number of fused-ring (bicyclic) bond motifs is 1. The minimum absolute atomic E-state index is 0.510. The molecule has 1 aliphatic rings. The van der Waals surface area contributed by atoms with Gasteiger partial charge in [-0.15, -0.1) is 11.3 Å². The van der Waals surface area contributed by atoms with E-state index < -0.39 is 0 Å². The summed E-state index contributed by atoms with van der Waals surface area (Å²) < 4.78 is 2.61. The van der Waals surface area contributed by atoms with Crippen molar-refractivity contribution in [3.05, 3.63) is 33.6 Å². The summed E-state index contributed by atoms with van der Waals surface area (Å²) >= 11 is 5.55. The van der Waals surface area contributed by atoms with Crippen molar-refractivity contribution in [1.29, 1.82) is 0 Å². The Labute approximate surface area is 133 Å². The van der Waals surface area contributed by atoms with Gasteiger partial charge in [0.2, 0.25) is 0 Å². The van der Waals surface area contributed by atoms with E-state index in [-0.39, 0.29) is 0 Å². The maximum Gasteiger partial charge on any atom is 0.0488 e. The van der Waals surface area contributed by atoms with Crippen LogP contribution in [0.2, 0.25) is 0 Å². The predicted octanol–water partition coefficient (Wildman–Crippen LogP) is 5.89. The first-order chi connectivity index (χ1) is 9.81. The molecule has 2 aromatic rings. The Morgan fingerprint density at radius 2 is 1.95 bits per heavy atom. The molecule has 0 saturated heterocycles. The summed E-state index contributed by atoms with van der Waals surface area (Å²) in [5.74, 6) is 0.791. The van der Waals surface area contributed by atoms with E-state index in [1.165, 1.54) is 58.6 Å². The highest BCUT2D eigenvalue weighted by Gasteiger charge is 2.25. The van der Waals surface area contributed by atoms with Gasteiger partial charge in [0.15, 0.2) is 0 Å². The molecule has 1 N–H and O–H groups in total. The highest BCUT2D eigenvalue weighted by molar-refractivity contribution is 9.10. The van der Waals surface area contributed by atoms with Crippen LogP contribution in [0.25, 0.3) is 10.1 Å². The van der Waals surface area contributed by atoms with Gasteiger partial charge in [0.05, 0.1) is 0 Å². The van der Waals surface area contributed by atoms with Gasteiger partial charge in [0.1, 0.15) is 0 Å². The summed E-state index contributed by atoms with van der Waals surface area (Å²) in [7, 11) is 2.12. The average molecular weight is 352 g/mol. The van der Waals surface area contributed by atoms with Crippen molar-refractivity contribution in [3.8, 4) is 0 Å². The summed E-state index contributed by atoms with van der Waals surface area (Å²) in [5, 5.41) is 7.39. The molecule has 1 aromatic heterocycles. The number of thiophene rings is 1. The zero-order valence-electron chi connectivity index (χ0n) is 12.0. The van der Waals surface area contributed by atoms with Crippen molar-refractivity contribution < 1.29 is 0 Å². The van der Waals surface area contributed by atoms with Crippen LogP contribution >= 0.6 is 27.3 Å². The molecular formula is C17H22BrNS. The van der Waals surface area contributed by atoms with Gasteiger partial charge in [-0.2, -0.15) is 0 Å². The van der Waals surface area contributed by atoms with E-state index in [2.05, 4.69) is 51.9 Å². The Balaban J connectivity index is 1.96. The van der Waals surface area contributed by atoms with E-state index in [9.17, 15) is 0 Å². The standard InChI is InChI=1S/C17H22BrNS/c1-19-16(12-7-4-2-3-5-8-12)14-11-20-17-13(14)9-6-10-15(17)18/h6,9-12,16,19H,2-5,7-8H2,1H3. The molecule has 1 nitrogen and oxygen atoms in total. The normalized spacial score (nSPS) is 19.1. The van der Waals surface area contributed by atoms with Crippen LogP contribution < -0.4 is 5.32 Å². The lowest BCUT2D eigenvalue weighted by Crippen LogP contribution is -2.24. The second-order valence-corrected chi connectivity index (χ2v) is 7.56. The van der Waals surface area contributed by atoms with Gasteiger partial charge < -0.3 is 5.32 Å². The van der Waals surface area contributed by atoms with E-state index in [1.807, 2.05) is 11.3 Å². The third kappa shape index (κ3) is 2.81. The molecule has 1 atom stereocenters. The lowest BCUT2D eigenvalue weighted by Gasteiger charge is -2.26. The second-order valence-electron chi connectivity index (χ2n) is 5.83. The maximum atomic E-state index is 3.68. The van der Waals surface area contributed by atoms with E-state index in [0.29, 0.717) is 6.04 Å². The smallest absolute Gasteiger partial charge is 0.0488 e. The first kappa shape index (κ1) is 14.6. The molecule has 3 heteroatoms.